The minimum Gasteiger partial charge on any atom is -0.339 e. The van der Waals surface area contributed by atoms with Crippen LogP contribution in [0.5, 0.6) is 0 Å². The van der Waals surface area contributed by atoms with Gasteiger partial charge in [0.05, 0.1) is 0 Å². The van der Waals surface area contributed by atoms with E-state index in [2.05, 4.69) is 10.2 Å². The molecule has 1 aliphatic heterocycles. The van der Waals surface area contributed by atoms with E-state index in [1.165, 1.54) is 19.1 Å². The number of aromatic amines is 1. The first-order valence-corrected chi connectivity index (χ1v) is 5.68. The van der Waals surface area contributed by atoms with Crippen LogP contribution < -0.4 is 5.56 Å². The van der Waals surface area contributed by atoms with Gasteiger partial charge >= 0.3 is 0 Å². The van der Waals surface area contributed by atoms with E-state index in [-0.39, 0.29) is 23.1 Å². The van der Waals surface area contributed by atoms with E-state index in [0.29, 0.717) is 26.2 Å². The molecule has 0 aromatic carbocycles. The van der Waals surface area contributed by atoms with Crippen molar-refractivity contribution in [3.8, 4) is 0 Å². The minimum absolute atomic E-state index is 0.0178. The van der Waals surface area contributed by atoms with Crippen LogP contribution in [-0.2, 0) is 4.79 Å². The summed E-state index contributed by atoms with van der Waals surface area (Å²) in [5.74, 6) is -0.210. The SMILES string of the molecule is CC(=O)N1CCN(C(=O)c2ccc(=O)[nH]n2)CC1. The molecule has 0 spiro atoms. The molecule has 0 unspecified atom stereocenters. The maximum Gasteiger partial charge on any atom is 0.274 e. The third kappa shape index (κ3) is 2.55. The fraction of sp³-hybridized carbons (Fsp3) is 0.455. The van der Waals surface area contributed by atoms with Crippen LogP contribution in [0.3, 0.4) is 0 Å². The van der Waals surface area contributed by atoms with Gasteiger partial charge in [-0.05, 0) is 6.07 Å². The van der Waals surface area contributed by atoms with Crippen LogP contribution in [0.25, 0.3) is 0 Å². The maximum atomic E-state index is 12.0. The molecule has 2 amide bonds. The zero-order chi connectivity index (χ0) is 13.1. The molecule has 1 aromatic heterocycles. The molecular formula is C11H14N4O3. The number of nitrogens with zero attached hydrogens (tertiary/aromatic N) is 3. The molecule has 18 heavy (non-hydrogen) atoms. The number of nitrogens with one attached hydrogen (secondary N) is 1. The molecule has 0 saturated carbocycles. The molecule has 7 heteroatoms. The quantitative estimate of drug-likeness (QED) is 0.698. The molecule has 0 bridgehead atoms. The van der Waals surface area contributed by atoms with Crippen LogP contribution in [0, 0.1) is 0 Å². The molecule has 7 nitrogen and oxygen atoms in total. The number of piperazine rings is 1. The van der Waals surface area contributed by atoms with Gasteiger partial charge in [0.1, 0.15) is 5.69 Å². The van der Waals surface area contributed by atoms with Crippen LogP contribution in [0.4, 0.5) is 0 Å². The Labute approximate surface area is 103 Å². The number of H-pyrrole nitrogens is 1. The van der Waals surface area contributed by atoms with Gasteiger partial charge in [-0.25, -0.2) is 5.10 Å². The minimum atomic E-state index is -0.340. The fourth-order valence-corrected chi connectivity index (χ4v) is 1.85. The smallest absolute Gasteiger partial charge is 0.274 e. The largest absolute Gasteiger partial charge is 0.339 e. The Morgan fingerprint density at radius 3 is 2.28 bits per heavy atom. The van der Waals surface area contributed by atoms with E-state index in [4.69, 9.17) is 0 Å². The van der Waals surface area contributed by atoms with Gasteiger partial charge in [-0.1, -0.05) is 0 Å². The van der Waals surface area contributed by atoms with E-state index in [1.807, 2.05) is 0 Å². The van der Waals surface area contributed by atoms with Crippen LogP contribution in [0.15, 0.2) is 16.9 Å². The van der Waals surface area contributed by atoms with E-state index in [0.717, 1.165) is 0 Å². The molecule has 1 saturated heterocycles. The second kappa shape index (κ2) is 4.99. The summed E-state index contributed by atoms with van der Waals surface area (Å²) in [5, 5.41) is 5.93. The van der Waals surface area contributed by atoms with Crippen LogP contribution >= 0.6 is 0 Å². The predicted molar refractivity (Wildman–Crippen MR) is 63.0 cm³/mol. The van der Waals surface area contributed by atoms with Crippen molar-refractivity contribution in [1.82, 2.24) is 20.0 Å². The topological polar surface area (TPSA) is 86.4 Å². The number of amides is 2. The highest BCUT2D eigenvalue weighted by atomic mass is 16.2. The first-order chi connectivity index (χ1) is 8.58. The summed E-state index contributed by atoms with van der Waals surface area (Å²) < 4.78 is 0. The predicted octanol–water partition coefficient (Wildman–Crippen LogP) is -0.926. The molecule has 1 aliphatic rings. The van der Waals surface area contributed by atoms with Gasteiger partial charge in [0.25, 0.3) is 11.5 Å². The number of hydrogen-bond acceptors (Lipinski definition) is 4. The third-order valence-electron chi connectivity index (χ3n) is 2.91. The number of rotatable bonds is 1. The average Bonchev–Trinajstić information content (AvgIpc) is 2.39. The zero-order valence-corrected chi connectivity index (χ0v) is 10.0. The average molecular weight is 250 g/mol. The van der Waals surface area contributed by atoms with Crippen molar-refractivity contribution in [2.75, 3.05) is 26.2 Å². The summed E-state index contributed by atoms with van der Waals surface area (Å²) in [7, 11) is 0. The van der Waals surface area contributed by atoms with Crippen LogP contribution in [-0.4, -0.2) is 58.0 Å². The fourth-order valence-electron chi connectivity index (χ4n) is 1.85. The lowest BCUT2D eigenvalue weighted by Gasteiger charge is -2.33. The summed E-state index contributed by atoms with van der Waals surface area (Å²) in [6, 6.07) is 2.67. The van der Waals surface area contributed by atoms with Gasteiger partial charge in [-0.15, -0.1) is 0 Å². The lowest BCUT2D eigenvalue weighted by atomic mass is 10.2. The molecule has 0 aliphatic carbocycles. The van der Waals surface area contributed by atoms with Crippen molar-refractivity contribution in [2.45, 2.75) is 6.92 Å². The van der Waals surface area contributed by atoms with Crippen molar-refractivity contribution in [1.29, 1.82) is 0 Å². The Bertz CT molecular complexity index is 497. The molecule has 1 aromatic rings. The van der Waals surface area contributed by atoms with Crippen molar-refractivity contribution >= 4 is 11.8 Å². The zero-order valence-electron chi connectivity index (χ0n) is 10.0. The van der Waals surface area contributed by atoms with Crippen molar-refractivity contribution in [3.63, 3.8) is 0 Å². The Balaban J connectivity index is 2.01. The van der Waals surface area contributed by atoms with Crippen molar-refractivity contribution < 1.29 is 9.59 Å². The van der Waals surface area contributed by atoms with E-state index in [1.54, 1.807) is 9.80 Å². The Hall–Kier alpha value is -2.18. The van der Waals surface area contributed by atoms with Gasteiger partial charge < -0.3 is 9.80 Å². The summed E-state index contributed by atoms with van der Waals surface area (Å²) in [6.07, 6.45) is 0. The highest BCUT2D eigenvalue weighted by Gasteiger charge is 2.23. The van der Waals surface area contributed by atoms with E-state index in [9.17, 15) is 14.4 Å². The van der Waals surface area contributed by atoms with Gasteiger partial charge in [-0.3, -0.25) is 14.4 Å². The van der Waals surface area contributed by atoms with Crippen LogP contribution in [0.2, 0.25) is 0 Å². The second-order valence-electron chi connectivity index (χ2n) is 4.10. The summed E-state index contributed by atoms with van der Waals surface area (Å²) >= 11 is 0. The number of aromatic nitrogens is 2. The molecule has 1 fully saturated rings. The van der Waals surface area contributed by atoms with E-state index >= 15 is 0 Å². The lowest BCUT2D eigenvalue weighted by molar-refractivity contribution is -0.130. The molecule has 2 rings (SSSR count). The molecule has 0 atom stereocenters. The Kier molecular flexibility index (Phi) is 3.40. The van der Waals surface area contributed by atoms with Gasteiger partial charge in [0.15, 0.2) is 0 Å². The van der Waals surface area contributed by atoms with E-state index < -0.39 is 0 Å². The number of hydrogen-bond donors (Lipinski definition) is 1. The van der Waals surface area contributed by atoms with Gasteiger partial charge in [0, 0.05) is 39.2 Å². The highest BCUT2D eigenvalue weighted by Crippen LogP contribution is 2.06. The first kappa shape index (κ1) is 12.3. The second-order valence-corrected chi connectivity index (χ2v) is 4.10. The number of carbonyl (C=O) groups excluding carboxylic acids is 2. The van der Waals surface area contributed by atoms with Crippen LogP contribution in [0.1, 0.15) is 17.4 Å². The highest BCUT2D eigenvalue weighted by molar-refractivity contribution is 5.92. The molecule has 2 heterocycles. The molecular weight excluding hydrogens is 236 g/mol. The van der Waals surface area contributed by atoms with Crippen molar-refractivity contribution in [3.05, 3.63) is 28.2 Å². The van der Waals surface area contributed by atoms with Gasteiger partial charge in [0.2, 0.25) is 5.91 Å². The van der Waals surface area contributed by atoms with Crippen molar-refractivity contribution in [2.24, 2.45) is 0 Å². The normalized spacial score (nSPS) is 15.6. The Morgan fingerprint density at radius 2 is 1.78 bits per heavy atom. The molecule has 96 valence electrons. The summed E-state index contributed by atoms with van der Waals surface area (Å²) in [5.41, 5.74) is -0.126. The number of carbonyl (C=O) groups is 2. The maximum absolute atomic E-state index is 12.0. The Morgan fingerprint density at radius 1 is 1.17 bits per heavy atom. The molecule has 0 radical (unpaired) electrons. The lowest BCUT2D eigenvalue weighted by Crippen LogP contribution is -2.50. The summed E-state index contributed by atoms with van der Waals surface area (Å²) in [6.45, 7) is 3.55. The third-order valence-corrected chi connectivity index (χ3v) is 2.91. The summed E-state index contributed by atoms with van der Waals surface area (Å²) in [4.78, 5) is 37.4. The van der Waals surface area contributed by atoms with Gasteiger partial charge in [-0.2, -0.15) is 5.10 Å². The molecule has 1 N–H and O–H groups in total. The monoisotopic (exact) mass is 250 g/mol. The first-order valence-electron chi connectivity index (χ1n) is 5.68. The standard InChI is InChI=1S/C11H14N4O3/c1-8(16)14-4-6-15(7-5-14)11(18)9-2-3-10(17)13-12-9/h2-3H,4-7H2,1H3,(H,13,17).